The van der Waals surface area contributed by atoms with Crippen LogP contribution in [0.4, 0.5) is 8.78 Å². The topological polar surface area (TPSA) is 101 Å². The van der Waals surface area contributed by atoms with E-state index in [1.54, 1.807) is 18.2 Å². The smallest absolute Gasteiger partial charge is 0.252 e. The van der Waals surface area contributed by atoms with E-state index in [1.807, 2.05) is 0 Å². The predicted molar refractivity (Wildman–Crippen MR) is 119 cm³/mol. The summed E-state index contributed by atoms with van der Waals surface area (Å²) in [7, 11) is -0.939. The van der Waals surface area contributed by atoms with Gasteiger partial charge in [-0.15, -0.1) is 0 Å². The van der Waals surface area contributed by atoms with Gasteiger partial charge in [-0.05, 0) is 43.9 Å². The number of nitrogens with one attached hydrogen (secondary N) is 1. The lowest BCUT2D eigenvalue weighted by Gasteiger charge is -2.31. The second kappa shape index (κ2) is 9.96. The van der Waals surface area contributed by atoms with Crippen molar-refractivity contribution in [1.29, 1.82) is 0 Å². The van der Waals surface area contributed by atoms with Crippen LogP contribution in [-0.2, 0) is 26.1 Å². The number of nitrogens with zero attached hydrogens (tertiary/aromatic N) is 3. The van der Waals surface area contributed by atoms with Crippen molar-refractivity contribution in [2.75, 3.05) is 19.9 Å². The normalized spacial score (nSPS) is 23.0. The first-order valence-electron chi connectivity index (χ1n) is 10.2. The minimum atomic E-state index is -3.67. The van der Waals surface area contributed by atoms with Gasteiger partial charge in [0.2, 0.25) is 10.0 Å². The Balaban J connectivity index is 1.98. The average Bonchev–Trinajstić information content (AvgIpc) is 3.09. The molecular weight excluding hydrogens is 478 g/mol. The molecule has 1 amide bonds. The molecule has 0 spiro atoms. The third-order valence-electron chi connectivity index (χ3n) is 5.79. The Bertz CT molecular complexity index is 1120. The molecule has 0 aliphatic heterocycles. The number of alkyl halides is 1. The Morgan fingerprint density at radius 3 is 2.61 bits per heavy atom. The predicted octanol–water partition coefficient (Wildman–Crippen LogP) is 2.92. The summed E-state index contributed by atoms with van der Waals surface area (Å²) in [6, 6.07) is 3.90. The average molecular weight is 503 g/mol. The highest BCUT2D eigenvalue weighted by molar-refractivity contribution is 7.89. The van der Waals surface area contributed by atoms with Crippen LogP contribution in [0.1, 0.15) is 25.3 Å². The molecule has 1 aromatic carbocycles. The van der Waals surface area contributed by atoms with Crippen LogP contribution in [0.2, 0.25) is 5.02 Å². The van der Waals surface area contributed by atoms with Crippen molar-refractivity contribution in [2.45, 2.75) is 38.4 Å². The van der Waals surface area contributed by atoms with Crippen LogP contribution >= 0.6 is 11.6 Å². The largest absolute Gasteiger partial charge is 0.275 e. The monoisotopic (exact) mass is 502 g/mol. The molecule has 1 N–H and O–H groups in total. The van der Waals surface area contributed by atoms with Gasteiger partial charge in [0, 0.05) is 12.6 Å². The van der Waals surface area contributed by atoms with Crippen molar-refractivity contribution in [3.63, 3.8) is 0 Å². The highest BCUT2D eigenvalue weighted by Crippen LogP contribution is 2.45. The number of carbonyl (C=O) groups is 1. The molecule has 1 fully saturated rings. The van der Waals surface area contributed by atoms with E-state index in [-0.39, 0.29) is 30.8 Å². The lowest BCUT2D eigenvalue weighted by molar-refractivity contribution is -0.180. The second-order valence-corrected chi connectivity index (χ2v) is 10.5. The summed E-state index contributed by atoms with van der Waals surface area (Å²) in [5, 5.41) is 1.34. The molecule has 3 rings (SSSR count). The number of sulfonamides is 1. The fourth-order valence-electron chi connectivity index (χ4n) is 4.08. The van der Waals surface area contributed by atoms with Crippen LogP contribution in [0.5, 0.6) is 0 Å². The van der Waals surface area contributed by atoms with Crippen molar-refractivity contribution in [3.05, 3.63) is 47.0 Å². The quantitative estimate of drug-likeness (QED) is 0.557. The molecule has 8 nitrogen and oxygen atoms in total. The lowest BCUT2D eigenvalue weighted by atomic mass is 9.78. The Hall–Kier alpha value is -2.21. The van der Waals surface area contributed by atoms with Crippen LogP contribution < -0.4 is 4.72 Å². The maximum absolute atomic E-state index is 15.0. The Kier molecular flexibility index (Phi) is 7.67. The zero-order valence-corrected chi connectivity index (χ0v) is 20.0. The highest BCUT2D eigenvalue weighted by atomic mass is 35.5. The fraction of sp³-hybridized carbons (Fsp3) is 0.476. The van der Waals surface area contributed by atoms with Crippen molar-refractivity contribution < 1.29 is 26.8 Å². The van der Waals surface area contributed by atoms with Gasteiger partial charge < -0.3 is 0 Å². The van der Waals surface area contributed by atoms with Gasteiger partial charge in [0.05, 0.1) is 41.7 Å². The minimum Gasteiger partial charge on any atom is -0.275 e. The minimum absolute atomic E-state index is 0.0507. The van der Waals surface area contributed by atoms with Crippen LogP contribution in [-0.4, -0.2) is 61.5 Å². The molecule has 0 bridgehead atoms. The SMILES string of the molecule is CCS(=O)(=O)N[C@@H]1C[C@@](Cc2ccc(Cl)c(-c3ncc(F)cn3)c2)(C(=O)N(C)OC)C[C@@H]1F. The Morgan fingerprint density at radius 1 is 1.33 bits per heavy atom. The van der Waals surface area contributed by atoms with Gasteiger partial charge in [-0.2, -0.15) is 0 Å². The molecular formula is C21H25ClF2N4O4S. The zero-order valence-electron chi connectivity index (χ0n) is 18.4. The summed E-state index contributed by atoms with van der Waals surface area (Å²) in [4.78, 5) is 26.2. The molecule has 33 heavy (non-hydrogen) atoms. The molecule has 180 valence electrons. The summed E-state index contributed by atoms with van der Waals surface area (Å²) < 4.78 is 54.7. The number of benzene rings is 1. The van der Waals surface area contributed by atoms with E-state index in [4.69, 9.17) is 16.4 Å². The van der Waals surface area contributed by atoms with Crippen LogP contribution in [0.3, 0.4) is 0 Å². The third-order valence-corrected chi connectivity index (χ3v) is 7.54. The first kappa shape index (κ1) is 25.4. The number of rotatable bonds is 8. The van der Waals surface area contributed by atoms with E-state index in [1.165, 1.54) is 21.1 Å². The number of hydroxylamine groups is 2. The number of halogens is 3. The van der Waals surface area contributed by atoms with E-state index >= 15 is 4.39 Å². The molecule has 1 aromatic heterocycles. The molecule has 1 saturated carbocycles. The van der Waals surface area contributed by atoms with E-state index < -0.39 is 39.4 Å². The van der Waals surface area contributed by atoms with Crippen molar-refractivity contribution in [3.8, 4) is 11.4 Å². The molecule has 2 aromatic rings. The second-order valence-electron chi connectivity index (χ2n) is 8.03. The van der Waals surface area contributed by atoms with Gasteiger partial charge in [0.1, 0.15) is 6.17 Å². The highest BCUT2D eigenvalue weighted by Gasteiger charge is 2.52. The summed E-state index contributed by atoms with van der Waals surface area (Å²) in [6.07, 6.45) is 0.313. The van der Waals surface area contributed by atoms with Crippen molar-refractivity contribution in [2.24, 2.45) is 5.41 Å². The Labute approximate surface area is 196 Å². The van der Waals surface area contributed by atoms with E-state index in [0.29, 0.717) is 16.1 Å². The van der Waals surface area contributed by atoms with Crippen LogP contribution in [0.15, 0.2) is 30.6 Å². The van der Waals surface area contributed by atoms with Crippen LogP contribution in [0.25, 0.3) is 11.4 Å². The first-order valence-corrected chi connectivity index (χ1v) is 12.3. The molecule has 0 radical (unpaired) electrons. The summed E-state index contributed by atoms with van der Waals surface area (Å²) in [6.45, 7) is 1.45. The maximum Gasteiger partial charge on any atom is 0.252 e. The number of hydrogen-bond acceptors (Lipinski definition) is 6. The van der Waals surface area contributed by atoms with Gasteiger partial charge in [-0.1, -0.05) is 17.7 Å². The van der Waals surface area contributed by atoms with Crippen molar-refractivity contribution in [1.82, 2.24) is 19.8 Å². The van der Waals surface area contributed by atoms with Gasteiger partial charge in [0.15, 0.2) is 11.6 Å². The maximum atomic E-state index is 15.0. The van der Waals surface area contributed by atoms with E-state index in [0.717, 1.165) is 17.5 Å². The van der Waals surface area contributed by atoms with Gasteiger partial charge in [-0.25, -0.2) is 37.0 Å². The standard InChI is InChI=1S/C21H25ClF2N4O4S/c1-4-33(30,31)27-18-10-21(9-17(18)24,20(29)28(2)32-3)8-13-5-6-16(22)15(7-13)19-25-11-14(23)12-26-19/h5-7,11-12,17-18,27H,4,8-10H2,1-3H3/t17-,18+,21-/m0/s1. The molecule has 1 aliphatic rings. The molecule has 1 aliphatic carbocycles. The summed E-state index contributed by atoms with van der Waals surface area (Å²) >= 11 is 6.29. The van der Waals surface area contributed by atoms with Crippen LogP contribution in [0, 0.1) is 11.2 Å². The molecule has 12 heteroatoms. The first-order chi connectivity index (χ1) is 15.5. The third kappa shape index (κ3) is 5.65. The van der Waals surface area contributed by atoms with E-state index in [2.05, 4.69) is 14.7 Å². The van der Waals surface area contributed by atoms with Crippen molar-refractivity contribution >= 4 is 27.5 Å². The molecule has 3 atom stereocenters. The number of hydrogen-bond donors (Lipinski definition) is 1. The molecule has 0 unspecified atom stereocenters. The summed E-state index contributed by atoms with van der Waals surface area (Å²) in [5.41, 5.74) is -0.207. The van der Waals surface area contributed by atoms with E-state index in [9.17, 15) is 17.6 Å². The number of amides is 1. The number of aromatic nitrogens is 2. The van der Waals surface area contributed by atoms with Gasteiger partial charge in [-0.3, -0.25) is 9.63 Å². The molecule has 0 saturated heterocycles. The zero-order chi connectivity index (χ0) is 24.4. The Morgan fingerprint density at radius 2 is 2.00 bits per heavy atom. The lowest BCUT2D eigenvalue weighted by Crippen LogP contribution is -2.43. The van der Waals surface area contributed by atoms with Gasteiger partial charge in [0.25, 0.3) is 5.91 Å². The van der Waals surface area contributed by atoms with Gasteiger partial charge >= 0.3 is 0 Å². The fourth-order valence-corrected chi connectivity index (χ4v) is 5.15. The summed E-state index contributed by atoms with van der Waals surface area (Å²) in [5.74, 6) is -1.08. The molecule has 1 heterocycles. The number of carbonyl (C=O) groups excluding carboxylic acids is 1.